The van der Waals surface area contributed by atoms with Crippen molar-refractivity contribution in [2.45, 2.75) is 24.8 Å². The third-order valence-electron chi connectivity index (χ3n) is 5.05. The number of carbonyl (C=O) groups is 2. The van der Waals surface area contributed by atoms with Crippen molar-refractivity contribution in [3.8, 4) is 11.4 Å². The quantitative estimate of drug-likeness (QED) is 0.616. The minimum Gasteiger partial charge on any atom is -0.359 e. The normalized spacial score (nSPS) is 21.4. The molecule has 1 aliphatic rings. The fourth-order valence-corrected chi connectivity index (χ4v) is 3.61. The zero-order valence-corrected chi connectivity index (χ0v) is 15.3. The SMILES string of the molecule is CNC(=O)[C@H]1C[C@H](NC(=O)c2cn[nH]c2)[C@H](c2nc(-c3ccccc3)no2)C1. The molecule has 3 atom stereocenters. The first-order valence-corrected chi connectivity index (χ1v) is 9.06. The predicted octanol–water partition coefficient (Wildman–Crippen LogP) is 1.50. The molecule has 3 N–H and O–H groups in total. The van der Waals surface area contributed by atoms with E-state index in [-0.39, 0.29) is 29.7 Å². The molecule has 144 valence electrons. The molecule has 0 saturated heterocycles. The molecule has 0 bridgehead atoms. The first-order chi connectivity index (χ1) is 13.7. The number of nitrogens with one attached hydrogen (secondary N) is 3. The highest BCUT2D eigenvalue weighted by Crippen LogP contribution is 2.38. The molecule has 1 aromatic carbocycles. The lowest BCUT2D eigenvalue weighted by molar-refractivity contribution is -0.124. The van der Waals surface area contributed by atoms with Gasteiger partial charge in [-0.25, -0.2) is 0 Å². The molecule has 1 fully saturated rings. The Labute approximate surface area is 160 Å². The second-order valence-electron chi connectivity index (χ2n) is 6.78. The Morgan fingerprint density at radius 1 is 1.21 bits per heavy atom. The molecule has 2 aromatic heterocycles. The van der Waals surface area contributed by atoms with Crippen molar-refractivity contribution in [1.29, 1.82) is 0 Å². The van der Waals surface area contributed by atoms with Crippen molar-refractivity contribution in [1.82, 2.24) is 31.0 Å². The summed E-state index contributed by atoms with van der Waals surface area (Å²) in [7, 11) is 1.61. The van der Waals surface area contributed by atoms with Crippen LogP contribution in [0.25, 0.3) is 11.4 Å². The first kappa shape index (κ1) is 17.9. The molecule has 28 heavy (non-hydrogen) atoms. The van der Waals surface area contributed by atoms with E-state index in [2.05, 4.69) is 31.0 Å². The van der Waals surface area contributed by atoms with Gasteiger partial charge in [0.1, 0.15) is 0 Å². The second-order valence-corrected chi connectivity index (χ2v) is 6.78. The number of H-pyrrole nitrogens is 1. The molecule has 2 heterocycles. The Hall–Kier alpha value is -3.49. The number of benzene rings is 1. The third-order valence-corrected chi connectivity index (χ3v) is 5.05. The zero-order valence-electron chi connectivity index (χ0n) is 15.3. The van der Waals surface area contributed by atoms with Crippen LogP contribution in [0.4, 0.5) is 0 Å². The molecule has 3 aromatic rings. The summed E-state index contributed by atoms with van der Waals surface area (Å²) in [5.41, 5.74) is 1.27. The molecule has 0 aliphatic heterocycles. The fourth-order valence-electron chi connectivity index (χ4n) is 3.61. The molecule has 4 rings (SSSR count). The van der Waals surface area contributed by atoms with E-state index in [1.54, 1.807) is 7.05 Å². The number of aromatic amines is 1. The van der Waals surface area contributed by atoms with Crippen LogP contribution in [0.5, 0.6) is 0 Å². The smallest absolute Gasteiger partial charge is 0.254 e. The lowest BCUT2D eigenvalue weighted by Gasteiger charge is -2.17. The van der Waals surface area contributed by atoms with Crippen LogP contribution in [-0.2, 0) is 4.79 Å². The number of aromatic nitrogens is 4. The molecule has 0 spiro atoms. The van der Waals surface area contributed by atoms with E-state index in [1.165, 1.54) is 12.4 Å². The largest absolute Gasteiger partial charge is 0.359 e. The summed E-state index contributed by atoms with van der Waals surface area (Å²) in [5.74, 6) is 0.0958. The molecule has 9 heteroatoms. The Morgan fingerprint density at radius 2 is 2.04 bits per heavy atom. The Morgan fingerprint density at radius 3 is 2.75 bits per heavy atom. The maximum atomic E-state index is 12.5. The maximum Gasteiger partial charge on any atom is 0.254 e. The summed E-state index contributed by atoms with van der Waals surface area (Å²) in [6, 6.07) is 9.21. The van der Waals surface area contributed by atoms with E-state index < -0.39 is 0 Å². The monoisotopic (exact) mass is 380 g/mol. The van der Waals surface area contributed by atoms with Crippen molar-refractivity contribution in [3.05, 3.63) is 54.2 Å². The van der Waals surface area contributed by atoms with Gasteiger partial charge in [-0.15, -0.1) is 0 Å². The molecule has 9 nitrogen and oxygen atoms in total. The summed E-state index contributed by atoms with van der Waals surface area (Å²) in [6.07, 6.45) is 3.99. The van der Waals surface area contributed by atoms with Crippen LogP contribution in [0.3, 0.4) is 0 Å². The van der Waals surface area contributed by atoms with E-state index in [1.807, 2.05) is 30.3 Å². The van der Waals surface area contributed by atoms with Crippen LogP contribution < -0.4 is 10.6 Å². The summed E-state index contributed by atoms with van der Waals surface area (Å²) >= 11 is 0. The molecule has 2 amide bonds. The van der Waals surface area contributed by atoms with Crippen LogP contribution in [0, 0.1) is 5.92 Å². The summed E-state index contributed by atoms with van der Waals surface area (Å²) in [4.78, 5) is 29.2. The summed E-state index contributed by atoms with van der Waals surface area (Å²) in [6.45, 7) is 0. The van der Waals surface area contributed by atoms with Crippen molar-refractivity contribution < 1.29 is 14.1 Å². The van der Waals surface area contributed by atoms with Crippen LogP contribution >= 0.6 is 0 Å². The fraction of sp³-hybridized carbons (Fsp3) is 0.316. The summed E-state index contributed by atoms with van der Waals surface area (Å²) in [5, 5.41) is 16.1. The number of hydrogen-bond donors (Lipinski definition) is 3. The topological polar surface area (TPSA) is 126 Å². The minimum atomic E-state index is -0.297. The Kier molecular flexibility index (Phi) is 4.88. The summed E-state index contributed by atoms with van der Waals surface area (Å²) < 4.78 is 5.50. The van der Waals surface area contributed by atoms with E-state index in [9.17, 15) is 9.59 Å². The van der Waals surface area contributed by atoms with Gasteiger partial charge in [0.05, 0.1) is 17.7 Å². The molecule has 1 saturated carbocycles. The van der Waals surface area contributed by atoms with Gasteiger partial charge in [-0.3, -0.25) is 14.7 Å². The predicted molar refractivity (Wildman–Crippen MR) is 99.1 cm³/mol. The molecular weight excluding hydrogens is 360 g/mol. The molecule has 0 radical (unpaired) electrons. The standard InChI is InChI=1S/C19H20N6O3/c1-20-17(26)12-7-14(15(8-12)23-18(27)13-9-21-22-10-13)19-24-16(25-28-19)11-5-3-2-4-6-11/h2-6,9-10,12,14-15H,7-8H2,1H3,(H,20,26)(H,21,22)(H,23,27)/t12-,14-,15+/m1/s1. The van der Waals surface area contributed by atoms with Gasteiger partial charge in [0.15, 0.2) is 0 Å². The van der Waals surface area contributed by atoms with Crippen molar-refractivity contribution in [2.75, 3.05) is 7.05 Å². The Balaban J connectivity index is 1.58. The van der Waals surface area contributed by atoms with Gasteiger partial charge in [-0.2, -0.15) is 10.1 Å². The van der Waals surface area contributed by atoms with Crippen molar-refractivity contribution >= 4 is 11.8 Å². The van der Waals surface area contributed by atoms with Gasteiger partial charge in [0, 0.05) is 30.8 Å². The van der Waals surface area contributed by atoms with E-state index in [0.717, 1.165) is 5.56 Å². The van der Waals surface area contributed by atoms with Crippen LogP contribution in [0.15, 0.2) is 47.2 Å². The van der Waals surface area contributed by atoms with Crippen molar-refractivity contribution in [3.63, 3.8) is 0 Å². The molecule has 0 unspecified atom stereocenters. The highest BCUT2D eigenvalue weighted by molar-refractivity contribution is 5.94. The van der Waals surface area contributed by atoms with Gasteiger partial charge in [-0.05, 0) is 12.8 Å². The minimum absolute atomic E-state index is 0.0622. The maximum absolute atomic E-state index is 12.5. The lowest BCUT2D eigenvalue weighted by atomic mass is 10.0. The molecular formula is C19H20N6O3. The van der Waals surface area contributed by atoms with E-state index >= 15 is 0 Å². The van der Waals surface area contributed by atoms with Crippen LogP contribution in [0.2, 0.25) is 0 Å². The van der Waals surface area contributed by atoms with Crippen molar-refractivity contribution in [2.24, 2.45) is 5.92 Å². The Bertz CT molecular complexity index is 953. The van der Waals surface area contributed by atoms with Gasteiger partial charge >= 0.3 is 0 Å². The number of hydrogen-bond acceptors (Lipinski definition) is 6. The number of nitrogens with zero attached hydrogens (tertiary/aromatic N) is 3. The average Bonchev–Trinajstić information content (AvgIpc) is 3.47. The average molecular weight is 380 g/mol. The van der Waals surface area contributed by atoms with Gasteiger partial charge in [0.2, 0.25) is 17.6 Å². The lowest BCUT2D eigenvalue weighted by Crippen LogP contribution is -2.37. The van der Waals surface area contributed by atoms with Gasteiger partial charge < -0.3 is 15.2 Å². The van der Waals surface area contributed by atoms with Gasteiger partial charge in [-0.1, -0.05) is 35.5 Å². The van der Waals surface area contributed by atoms with E-state index in [4.69, 9.17) is 4.52 Å². The van der Waals surface area contributed by atoms with E-state index in [0.29, 0.717) is 30.1 Å². The second kappa shape index (κ2) is 7.63. The molecule has 1 aliphatic carbocycles. The van der Waals surface area contributed by atoms with Crippen LogP contribution in [0.1, 0.15) is 35.0 Å². The van der Waals surface area contributed by atoms with Crippen LogP contribution in [-0.4, -0.2) is 45.2 Å². The first-order valence-electron chi connectivity index (χ1n) is 9.06. The number of carbonyl (C=O) groups excluding carboxylic acids is 2. The number of rotatable bonds is 5. The highest BCUT2D eigenvalue weighted by atomic mass is 16.5. The highest BCUT2D eigenvalue weighted by Gasteiger charge is 2.42. The number of amides is 2. The van der Waals surface area contributed by atoms with Gasteiger partial charge in [0.25, 0.3) is 5.91 Å². The third kappa shape index (κ3) is 3.51. The zero-order chi connectivity index (χ0) is 19.5.